The second-order valence-electron chi connectivity index (χ2n) is 31.3. The van der Waals surface area contributed by atoms with Crippen LogP contribution in [0.15, 0.2) is 315 Å². The van der Waals surface area contributed by atoms with E-state index < -0.39 is 0 Å². The molecule has 105 heavy (non-hydrogen) atoms. The summed E-state index contributed by atoms with van der Waals surface area (Å²) in [4.78, 5) is 27.3. The minimum atomic E-state index is -0.197. The van der Waals surface area contributed by atoms with Crippen molar-refractivity contribution in [1.82, 2.24) is 4.57 Å². The Hall–Kier alpha value is -12.5. The first kappa shape index (κ1) is 62.3. The number of carbonyl (C=O) groups excluding carboxylic acids is 1. The van der Waals surface area contributed by atoms with Gasteiger partial charge in [-0.25, -0.2) is 0 Å². The van der Waals surface area contributed by atoms with Gasteiger partial charge in [0.1, 0.15) is 0 Å². The smallest absolute Gasteiger partial charge is 0.193 e. The maximum atomic E-state index is 15.0. The van der Waals surface area contributed by atoms with E-state index in [4.69, 9.17) is 0 Å². The summed E-state index contributed by atoms with van der Waals surface area (Å²) in [6, 6.07) is 116. The number of nitrogens with zero attached hydrogens (tertiary/aromatic N) is 6. The summed E-state index contributed by atoms with van der Waals surface area (Å²) in [7, 11) is 0. The van der Waals surface area contributed by atoms with Crippen molar-refractivity contribution >= 4 is 107 Å². The van der Waals surface area contributed by atoms with Crippen LogP contribution in [0, 0.1) is 0 Å². The van der Waals surface area contributed by atoms with E-state index >= 15 is 4.79 Å². The summed E-state index contributed by atoms with van der Waals surface area (Å²) in [5.74, 6) is -0.0313. The molecule has 0 bridgehead atoms. The molecule has 14 aromatic carbocycles. The predicted octanol–water partition coefficient (Wildman–Crippen LogP) is 25.8. The Balaban J connectivity index is 0.672. The normalized spacial score (nSPS) is 15.6. The molecule has 7 nitrogen and oxygen atoms in total. The average molecular weight is 1360 g/mol. The van der Waals surface area contributed by atoms with Gasteiger partial charge in [0.25, 0.3) is 0 Å². The topological polar surface area (TPSA) is 38.2 Å². The number of hydrogen-bond donors (Lipinski definition) is 0. The number of fused-ring (bicyclic) bond motifs is 14. The van der Waals surface area contributed by atoms with Crippen molar-refractivity contribution in [2.75, 3.05) is 24.5 Å². The lowest BCUT2D eigenvalue weighted by Gasteiger charge is -2.43. The summed E-state index contributed by atoms with van der Waals surface area (Å²) < 4.78 is 2.37. The minimum absolute atomic E-state index is 0.0313. The van der Waals surface area contributed by atoms with Gasteiger partial charge in [0.2, 0.25) is 0 Å². The molecule has 0 amide bonds. The Morgan fingerprint density at radius 2 is 0.524 bits per heavy atom. The SMILES string of the molecule is CC1(C)c2ccccc2N(c2ccc3c(c2)-c2cc(N4c5ccccc5C(C)(C)c5ccccc54)ccc2N(c2ccc(C(=O)c4ccc(-n5c6ccc(N7c8ccccc8C(C)(C)c8ccccc87)cc6c6cc(N7c8ccccc8C(C)(C)c8ccccc87)ccc65)cc4)cc2)C3)c2ccccc21. The van der Waals surface area contributed by atoms with Crippen molar-refractivity contribution in [3.05, 3.63) is 377 Å². The van der Waals surface area contributed by atoms with Crippen LogP contribution in [0.25, 0.3) is 38.6 Å². The molecule has 20 rings (SSSR count). The van der Waals surface area contributed by atoms with Crippen molar-refractivity contribution in [1.29, 1.82) is 0 Å². The van der Waals surface area contributed by atoms with Crippen LogP contribution in [0.4, 0.5) is 79.6 Å². The molecule has 0 fully saturated rings. The van der Waals surface area contributed by atoms with E-state index in [9.17, 15) is 0 Å². The lowest BCUT2D eigenvalue weighted by Crippen LogP contribution is -2.31. The molecule has 506 valence electrons. The highest BCUT2D eigenvalue weighted by Gasteiger charge is 2.42. The average Bonchev–Trinajstić information content (AvgIpc) is 0.962. The summed E-state index contributed by atoms with van der Waals surface area (Å²) in [5, 5.41) is 2.27. The number of carbonyl (C=O) groups is 1. The van der Waals surface area contributed by atoms with Crippen LogP contribution in [0.3, 0.4) is 0 Å². The molecule has 7 heteroatoms. The molecule has 1 aromatic heterocycles. The summed E-state index contributed by atoms with van der Waals surface area (Å²) >= 11 is 0. The van der Waals surface area contributed by atoms with E-state index in [1.54, 1.807) is 0 Å². The number of rotatable bonds is 8. The zero-order chi connectivity index (χ0) is 71.0. The fourth-order valence-corrected chi connectivity index (χ4v) is 18.8. The van der Waals surface area contributed by atoms with Gasteiger partial charge in [-0.3, -0.25) is 4.79 Å². The maximum absolute atomic E-state index is 15.0. The van der Waals surface area contributed by atoms with Crippen LogP contribution in [0.2, 0.25) is 0 Å². The van der Waals surface area contributed by atoms with Gasteiger partial charge in [-0.05, 0) is 219 Å². The second-order valence-corrected chi connectivity index (χ2v) is 31.3. The van der Waals surface area contributed by atoms with Gasteiger partial charge in [-0.2, -0.15) is 0 Å². The number of hydrogen-bond acceptors (Lipinski definition) is 6. The van der Waals surface area contributed by atoms with E-state index in [0.717, 1.165) is 67.2 Å². The fraction of sp³-hybridized carbons (Fsp3) is 0.133. The second kappa shape index (κ2) is 22.8. The zero-order valence-electron chi connectivity index (χ0n) is 60.3. The monoisotopic (exact) mass is 1350 g/mol. The molecule has 0 saturated carbocycles. The van der Waals surface area contributed by atoms with Gasteiger partial charge in [0, 0.05) is 95.5 Å². The molecular weight excluding hydrogens is 1280 g/mol. The van der Waals surface area contributed by atoms with Gasteiger partial charge in [-0.1, -0.05) is 207 Å². The van der Waals surface area contributed by atoms with Crippen LogP contribution in [-0.4, -0.2) is 10.4 Å². The summed E-state index contributed by atoms with van der Waals surface area (Å²) in [6.07, 6.45) is 0. The van der Waals surface area contributed by atoms with Gasteiger partial charge >= 0.3 is 0 Å². The van der Waals surface area contributed by atoms with Crippen molar-refractivity contribution in [3.8, 4) is 16.8 Å². The molecule has 0 spiro atoms. The summed E-state index contributed by atoms with van der Waals surface area (Å²) in [6.45, 7) is 19.4. The molecular formula is C98H78N6O. The van der Waals surface area contributed by atoms with E-state index in [2.05, 4.69) is 376 Å². The number of aromatic nitrogens is 1. The van der Waals surface area contributed by atoms with Crippen LogP contribution < -0.4 is 24.5 Å². The Labute approximate surface area is 614 Å². The Bertz CT molecular complexity index is 5790. The Kier molecular flexibility index (Phi) is 13.5. The highest BCUT2D eigenvalue weighted by molar-refractivity contribution is 6.13. The molecule has 0 N–H and O–H groups in total. The fourth-order valence-electron chi connectivity index (χ4n) is 18.8. The minimum Gasteiger partial charge on any atom is -0.336 e. The van der Waals surface area contributed by atoms with Gasteiger partial charge in [0.05, 0.1) is 56.5 Å². The van der Waals surface area contributed by atoms with Gasteiger partial charge in [-0.15, -0.1) is 0 Å². The Morgan fingerprint density at radius 3 is 0.857 bits per heavy atom. The highest BCUT2D eigenvalue weighted by atomic mass is 16.1. The lowest BCUT2D eigenvalue weighted by molar-refractivity contribution is 0.103. The van der Waals surface area contributed by atoms with E-state index in [-0.39, 0.29) is 27.4 Å². The first-order valence-electron chi connectivity index (χ1n) is 36.9. The third-order valence-corrected chi connectivity index (χ3v) is 24.1. The third-order valence-electron chi connectivity index (χ3n) is 24.1. The quantitative estimate of drug-likeness (QED) is 0.141. The lowest BCUT2D eigenvalue weighted by atomic mass is 9.73. The van der Waals surface area contributed by atoms with Gasteiger partial charge in [0.15, 0.2) is 5.78 Å². The van der Waals surface area contributed by atoms with Crippen molar-refractivity contribution in [2.45, 2.75) is 83.6 Å². The van der Waals surface area contributed by atoms with Crippen LogP contribution in [0.1, 0.15) is 121 Å². The first-order chi connectivity index (χ1) is 51.0. The van der Waals surface area contributed by atoms with Crippen molar-refractivity contribution in [3.63, 3.8) is 0 Å². The van der Waals surface area contributed by atoms with Crippen molar-refractivity contribution < 1.29 is 4.79 Å². The van der Waals surface area contributed by atoms with Crippen LogP contribution in [0.5, 0.6) is 0 Å². The van der Waals surface area contributed by atoms with E-state index in [1.807, 2.05) is 24.3 Å². The zero-order valence-corrected chi connectivity index (χ0v) is 60.3. The number of para-hydroxylation sites is 8. The van der Waals surface area contributed by atoms with Crippen molar-refractivity contribution in [2.24, 2.45) is 0 Å². The molecule has 0 radical (unpaired) electrons. The largest absolute Gasteiger partial charge is 0.336 e. The van der Waals surface area contributed by atoms with E-state index in [0.29, 0.717) is 17.7 Å². The van der Waals surface area contributed by atoms with Gasteiger partial charge < -0.3 is 29.1 Å². The standard InChI is InChI=1S/C98H78N6O/c1-95(2)75-25-9-17-33-86(75)101(87-34-18-10-26-76(87)95)67-50-45-64-61-99(83-54-51-68(58-72(83)71(64)57-67)102-88-35-19-11-27-77(88)96(3,4)78-28-12-20-36-89(78)102)65-46-41-62(42-47-65)94(105)63-43-48-66(49-44-63)100-84-55-52-69(103-90-37-21-13-29-79(90)97(5,6)80-30-14-22-38-91(80)103)59-73(84)74-60-70(53-56-85(74)100)104-92-39-23-15-31-81(92)98(7,8)82-32-16-24-40-93(82)104/h9-60H,61H2,1-8H3. The van der Waals surface area contributed by atoms with E-state index in [1.165, 1.54) is 101 Å². The molecule has 0 saturated heterocycles. The van der Waals surface area contributed by atoms with Crippen LogP contribution in [-0.2, 0) is 28.2 Å². The molecule has 15 aromatic rings. The molecule has 0 atom stereocenters. The highest BCUT2D eigenvalue weighted by Crippen LogP contribution is 2.59. The number of ketones is 1. The first-order valence-corrected chi connectivity index (χ1v) is 36.9. The predicted molar refractivity (Wildman–Crippen MR) is 436 cm³/mol. The maximum Gasteiger partial charge on any atom is 0.193 e. The molecule has 0 aliphatic carbocycles. The molecule has 5 aliphatic heterocycles. The molecule has 0 unspecified atom stereocenters. The van der Waals surface area contributed by atoms with Crippen LogP contribution >= 0.6 is 0 Å². The molecule has 5 aliphatic rings. The Morgan fingerprint density at radius 1 is 0.257 bits per heavy atom. The third kappa shape index (κ3) is 9.13. The number of benzene rings is 14. The summed E-state index contributed by atoms with van der Waals surface area (Å²) in [5.41, 5.74) is 33.5. The number of anilines is 14. The molecule has 6 heterocycles.